The first-order valence-corrected chi connectivity index (χ1v) is 9.61. The number of rotatable bonds is 6. The molecule has 0 radical (unpaired) electrons. The largest absolute Gasteiger partial charge is 0.272 e. The maximum atomic E-state index is 12.9. The molecule has 0 heterocycles. The van der Waals surface area contributed by atoms with E-state index in [-0.39, 0.29) is 11.8 Å². The lowest BCUT2D eigenvalue weighted by Crippen LogP contribution is -2.27. The van der Waals surface area contributed by atoms with Crippen molar-refractivity contribution in [3.63, 3.8) is 0 Å². The first-order chi connectivity index (χ1) is 13.1. The second-order valence-electron chi connectivity index (χ2n) is 6.38. The van der Waals surface area contributed by atoms with Crippen molar-refractivity contribution in [1.82, 2.24) is 5.43 Å². The Morgan fingerprint density at radius 1 is 1.00 bits per heavy atom. The number of carbonyl (C=O) groups is 1. The number of hydrazone groups is 1. The third kappa shape index (κ3) is 5.38. The lowest BCUT2D eigenvalue weighted by atomic mass is 9.90. The van der Waals surface area contributed by atoms with E-state index in [1.807, 2.05) is 66.7 Å². The summed E-state index contributed by atoms with van der Waals surface area (Å²) in [5, 5.41) is 4.14. The fourth-order valence-electron chi connectivity index (χ4n) is 2.90. The van der Waals surface area contributed by atoms with E-state index in [0.29, 0.717) is 6.42 Å². The Kier molecular flexibility index (Phi) is 6.55. The molecule has 0 fully saturated rings. The number of hydrogen-bond donors (Lipinski definition) is 1. The molecule has 0 bridgehead atoms. The summed E-state index contributed by atoms with van der Waals surface area (Å²) in [5.74, 6) is -0.410. The number of nitrogens with zero attached hydrogens (tertiary/aromatic N) is 1. The van der Waals surface area contributed by atoms with Gasteiger partial charge in [0.15, 0.2) is 0 Å². The van der Waals surface area contributed by atoms with Crippen molar-refractivity contribution in [3.8, 4) is 0 Å². The van der Waals surface area contributed by atoms with Crippen LogP contribution in [-0.2, 0) is 11.2 Å². The Morgan fingerprint density at radius 2 is 1.67 bits per heavy atom. The van der Waals surface area contributed by atoms with Crippen molar-refractivity contribution in [2.75, 3.05) is 0 Å². The summed E-state index contributed by atoms with van der Waals surface area (Å²) in [4.78, 5) is 12.9. The second-order valence-corrected chi connectivity index (χ2v) is 7.30. The number of hydrogen-bond acceptors (Lipinski definition) is 2. The molecule has 3 aromatic rings. The predicted molar refractivity (Wildman–Crippen MR) is 114 cm³/mol. The smallest absolute Gasteiger partial charge is 0.247 e. The minimum absolute atomic E-state index is 0.113. The molecular formula is C23H21BrN2O. The van der Waals surface area contributed by atoms with Gasteiger partial charge in [0.2, 0.25) is 5.91 Å². The summed E-state index contributed by atoms with van der Waals surface area (Å²) in [5.41, 5.74) is 6.96. The van der Waals surface area contributed by atoms with Gasteiger partial charge in [-0.05, 0) is 47.7 Å². The van der Waals surface area contributed by atoms with Crippen LogP contribution < -0.4 is 5.43 Å². The van der Waals surface area contributed by atoms with Crippen LogP contribution >= 0.6 is 15.9 Å². The molecule has 4 heteroatoms. The fraction of sp³-hybridized carbons (Fsp3) is 0.130. The molecular weight excluding hydrogens is 400 g/mol. The molecule has 3 rings (SSSR count). The average Bonchev–Trinajstić information content (AvgIpc) is 2.69. The molecule has 3 nitrogen and oxygen atoms in total. The molecule has 1 amide bonds. The molecule has 136 valence electrons. The summed E-state index contributed by atoms with van der Waals surface area (Å²) >= 11 is 3.40. The zero-order valence-electron chi connectivity index (χ0n) is 15.1. The molecule has 0 spiro atoms. The van der Waals surface area contributed by atoms with Gasteiger partial charge in [-0.25, -0.2) is 5.43 Å². The van der Waals surface area contributed by atoms with E-state index in [0.717, 1.165) is 15.6 Å². The van der Waals surface area contributed by atoms with E-state index in [4.69, 9.17) is 0 Å². The van der Waals surface area contributed by atoms with E-state index < -0.39 is 0 Å². The Hall–Kier alpha value is -2.72. The summed E-state index contributed by atoms with van der Waals surface area (Å²) in [7, 11) is 0. The van der Waals surface area contributed by atoms with Crippen molar-refractivity contribution >= 4 is 28.1 Å². The number of aryl methyl sites for hydroxylation is 1. The van der Waals surface area contributed by atoms with E-state index in [1.165, 1.54) is 11.1 Å². The Balaban J connectivity index is 1.76. The van der Waals surface area contributed by atoms with Gasteiger partial charge in [0, 0.05) is 4.47 Å². The first kappa shape index (κ1) is 19.1. The van der Waals surface area contributed by atoms with E-state index >= 15 is 0 Å². The van der Waals surface area contributed by atoms with Gasteiger partial charge in [-0.15, -0.1) is 0 Å². The van der Waals surface area contributed by atoms with Crippen molar-refractivity contribution in [2.45, 2.75) is 19.3 Å². The predicted octanol–water partition coefficient (Wildman–Crippen LogP) is 5.23. The third-order valence-electron chi connectivity index (χ3n) is 4.46. The highest BCUT2D eigenvalue weighted by atomic mass is 79.9. The monoisotopic (exact) mass is 420 g/mol. The number of halogens is 1. The molecule has 0 aromatic heterocycles. The lowest BCUT2D eigenvalue weighted by Gasteiger charge is -2.17. The van der Waals surface area contributed by atoms with Gasteiger partial charge in [0.05, 0.1) is 12.1 Å². The molecule has 0 unspecified atom stereocenters. The third-order valence-corrected chi connectivity index (χ3v) is 4.99. The molecule has 27 heavy (non-hydrogen) atoms. The highest BCUT2D eigenvalue weighted by molar-refractivity contribution is 9.10. The Morgan fingerprint density at radius 3 is 2.37 bits per heavy atom. The summed E-state index contributed by atoms with van der Waals surface area (Å²) < 4.78 is 1.01. The zero-order chi connectivity index (χ0) is 19.1. The highest BCUT2D eigenvalue weighted by Gasteiger charge is 2.21. The van der Waals surface area contributed by atoms with Crippen LogP contribution in [0.4, 0.5) is 0 Å². The van der Waals surface area contributed by atoms with E-state index in [9.17, 15) is 4.79 Å². The lowest BCUT2D eigenvalue weighted by molar-refractivity contribution is -0.122. The number of carbonyl (C=O) groups excluding carboxylic acids is 1. The minimum atomic E-state index is -0.297. The molecule has 3 aromatic carbocycles. The van der Waals surface area contributed by atoms with Crippen LogP contribution in [0.15, 0.2) is 88.4 Å². The van der Waals surface area contributed by atoms with Gasteiger partial charge in [0.25, 0.3) is 0 Å². The van der Waals surface area contributed by atoms with Crippen molar-refractivity contribution in [1.29, 1.82) is 0 Å². The SMILES string of the molecule is Cc1ccccc1C[C@H](C(=O)N/N=C\c1ccc(Br)cc1)c1ccccc1. The second kappa shape index (κ2) is 9.28. The maximum Gasteiger partial charge on any atom is 0.247 e. The minimum Gasteiger partial charge on any atom is -0.272 e. The van der Waals surface area contributed by atoms with Crippen LogP contribution in [0.2, 0.25) is 0 Å². The van der Waals surface area contributed by atoms with Crippen molar-refractivity contribution in [3.05, 3.63) is 106 Å². The maximum absolute atomic E-state index is 12.9. The standard InChI is InChI=1S/C23H21BrN2O/c1-17-7-5-6-10-20(17)15-22(19-8-3-2-4-9-19)23(27)26-25-16-18-11-13-21(24)14-12-18/h2-14,16,22H,15H2,1H3,(H,26,27)/b25-16-/t22-/m0/s1. The number of amides is 1. The summed E-state index contributed by atoms with van der Waals surface area (Å²) in [6.45, 7) is 2.07. The van der Waals surface area contributed by atoms with Crippen LogP contribution in [0, 0.1) is 6.92 Å². The first-order valence-electron chi connectivity index (χ1n) is 8.81. The van der Waals surface area contributed by atoms with Crippen molar-refractivity contribution in [2.24, 2.45) is 5.10 Å². The zero-order valence-corrected chi connectivity index (χ0v) is 16.7. The van der Waals surface area contributed by atoms with Crippen LogP contribution in [0.1, 0.15) is 28.2 Å². The number of nitrogens with one attached hydrogen (secondary N) is 1. The van der Waals surface area contributed by atoms with Gasteiger partial charge in [-0.1, -0.05) is 82.7 Å². The van der Waals surface area contributed by atoms with Gasteiger partial charge in [-0.3, -0.25) is 4.79 Å². The number of benzene rings is 3. The molecule has 0 aliphatic carbocycles. The molecule has 0 saturated carbocycles. The average molecular weight is 421 g/mol. The van der Waals surface area contributed by atoms with Gasteiger partial charge in [-0.2, -0.15) is 5.10 Å². The van der Waals surface area contributed by atoms with Crippen LogP contribution in [0.25, 0.3) is 0 Å². The Bertz CT molecular complexity index is 921. The molecule has 1 atom stereocenters. The van der Waals surface area contributed by atoms with Crippen LogP contribution in [0.5, 0.6) is 0 Å². The van der Waals surface area contributed by atoms with Gasteiger partial charge in [0.1, 0.15) is 0 Å². The highest BCUT2D eigenvalue weighted by Crippen LogP contribution is 2.23. The van der Waals surface area contributed by atoms with Crippen LogP contribution in [0.3, 0.4) is 0 Å². The van der Waals surface area contributed by atoms with Gasteiger partial charge < -0.3 is 0 Å². The van der Waals surface area contributed by atoms with E-state index in [1.54, 1.807) is 6.21 Å². The molecule has 0 aliphatic rings. The summed E-state index contributed by atoms with van der Waals surface area (Å²) in [6.07, 6.45) is 2.29. The topological polar surface area (TPSA) is 41.5 Å². The fourth-order valence-corrected chi connectivity index (χ4v) is 3.17. The summed E-state index contributed by atoms with van der Waals surface area (Å²) in [6, 6.07) is 25.8. The Labute approximate surface area is 168 Å². The normalized spacial score (nSPS) is 12.1. The molecule has 0 aliphatic heterocycles. The molecule has 1 N–H and O–H groups in total. The van der Waals surface area contributed by atoms with Gasteiger partial charge >= 0.3 is 0 Å². The van der Waals surface area contributed by atoms with Crippen LogP contribution in [-0.4, -0.2) is 12.1 Å². The van der Waals surface area contributed by atoms with E-state index in [2.05, 4.69) is 45.5 Å². The van der Waals surface area contributed by atoms with Crippen molar-refractivity contribution < 1.29 is 4.79 Å². The quantitative estimate of drug-likeness (QED) is 0.430. The molecule has 0 saturated heterocycles.